The molecule has 1 heterocycles. The number of carboxylic acid groups (broad SMARTS) is 1. The molecule has 1 aromatic heterocycles. The maximum atomic E-state index is 12.0. The molecule has 0 unspecified atom stereocenters. The van der Waals surface area contributed by atoms with Gasteiger partial charge in [0.05, 0.1) is 11.9 Å². The van der Waals surface area contributed by atoms with Gasteiger partial charge in [-0.1, -0.05) is 6.07 Å². The molecule has 1 aromatic carbocycles. The number of anilines is 1. The van der Waals surface area contributed by atoms with Gasteiger partial charge >= 0.3 is 5.97 Å². The van der Waals surface area contributed by atoms with Crippen LogP contribution in [0.25, 0.3) is 0 Å². The number of aromatic carboxylic acids is 1. The quantitative estimate of drug-likeness (QED) is 0.898. The summed E-state index contributed by atoms with van der Waals surface area (Å²) >= 11 is 0. The molecular weight excluding hydrogens is 256 g/mol. The minimum Gasteiger partial charge on any atom is -0.477 e. The second-order valence-corrected chi connectivity index (χ2v) is 4.49. The van der Waals surface area contributed by atoms with E-state index < -0.39 is 5.97 Å². The molecule has 0 atom stereocenters. The van der Waals surface area contributed by atoms with Crippen LogP contribution in [0.5, 0.6) is 0 Å². The highest BCUT2D eigenvalue weighted by atomic mass is 16.4. The molecule has 0 bridgehead atoms. The topological polar surface area (TPSA) is 79.3 Å². The Bertz CT molecular complexity index is 663. The number of aryl methyl sites for hydroxylation is 2. The number of amides is 1. The largest absolute Gasteiger partial charge is 0.477 e. The number of hydrogen-bond acceptors (Lipinski definition) is 3. The number of carbonyl (C=O) groups excluding carboxylic acids is 1. The molecule has 5 heteroatoms. The molecule has 20 heavy (non-hydrogen) atoms. The van der Waals surface area contributed by atoms with Gasteiger partial charge in [-0.05, 0) is 49.2 Å². The maximum absolute atomic E-state index is 12.0. The average molecular weight is 270 g/mol. The molecule has 0 aliphatic carbocycles. The number of carbonyl (C=O) groups is 2. The predicted molar refractivity (Wildman–Crippen MR) is 75.1 cm³/mol. The summed E-state index contributed by atoms with van der Waals surface area (Å²) in [5.41, 5.74) is 3.11. The SMILES string of the molecule is Cc1ccc(C(=O)Nc2ccc(C(=O)O)nc2)cc1C. The van der Waals surface area contributed by atoms with Crippen molar-refractivity contribution < 1.29 is 14.7 Å². The van der Waals surface area contributed by atoms with Gasteiger partial charge in [0.25, 0.3) is 5.91 Å². The number of hydrogen-bond donors (Lipinski definition) is 2. The minimum atomic E-state index is -1.10. The Morgan fingerprint density at radius 1 is 1.10 bits per heavy atom. The minimum absolute atomic E-state index is 0.0609. The van der Waals surface area contributed by atoms with Crippen LogP contribution in [0.15, 0.2) is 36.5 Å². The third-order valence-electron chi connectivity index (χ3n) is 3.01. The van der Waals surface area contributed by atoms with E-state index in [1.807, 2.05) is 26.0 Å². The summed E-state index contributed by atoms with van der Waals surface area (Å²) in [4.78, 5) is 26.5. The maximum Gasteiger partial charge on any atom is 0.354 e. The van der Waals surface area contributed by atoms with Crippen molar-refractivity contribution in [1.29, 1.82) is 0 Å². The fraction of sp³-hybridized carbons (Fsp3) is 0.133. The van der Waals surface area contributed by atoms with Gasteiger partial charge in [-0.3, -0.25) is 4.79 Å². The zero-order valence-electron chi connectivity index (χ0n) is 11.2. The summed E-state index contributed by atoms with van der Waals surface area (Å²) in [6, 6.07) is 8.30. The molecule has 0 fully saturated rings. The van der Waals surface area contributed by atoms with Crippen LogP contribution in [0, 0.1) is 13.8 Å². The van der Waals surface area contributed by atoms with E-state index >= 15 is 0 Å². The summed E-state index contributed by atoms with van der Waals surface area (Å²) in [6.45, 7) is 3.92. The zero-order valence-corrected chi connectivity index (χ0v) is 11.2. The van der Waals surface area contributed by atoms with Crippen molar-refractivity contribution in [3.05, 3.63) is 58.9 Å². The van der Waals surface area contributed by atoms with Crippen molar-refractivity contribution >= 4 is 17.6 Å². The Balaban J connectivity index is 2.14. The van der Waals surface area contributed by atoms with Crippen molar-refractivity contribution in [1.82, 2.24) is 4.98 Å². The highest BCUT2D eigenvalue weighted by molar-refractivity contribution is 6.04. The third-order valence-corrected chi connectivity index (χ3v) is 3.01. The van der Waals surface area contributed by atoms with E-state index in [9.17, 15) is 9.59 Å². The van der Waals surface area contributed by atoms with Crippen molar-refractivity contribution in [2.24, 2.45) is 0 Å². The number of nitrogens with zero attached hydrogens (tertiary/aromatic N) is 1. The van der Waals surface area contributed by atoms with Gasteiger partial charge in [0.2, 0.25) is 0 Å². The molecule has 0 aliphatic rings. The van der Waals surface area contributed by atoms with Gasteiger partial charge in [0, 0.05) is 5.56 Å². The van der Waals surface area contributed by atoms with E-state index in [4.69, 9.17) is 5.11 Å². The number of benzene rings is 1. The summed E-state index contributed by atoms with van der Waals surface area (Å²) in [5.74, 6) is -1.35. The normalized spacial score (nSPS) is 10.1. The van der Waals surface area contributed by atoms with Crippen LogP contribution in [-0.4, -0.2) is 22.0 Å². The molecule has 5 nitrogen and oxygen atoms in total. The van der Waals surface area contributed by atoms with Crippen molar-refractivity contribution in [2.75, 3.05) is 5.32 Å². The van der Waals surface area contributed by atoms with E-state index in [2.05, 4.69) is 10.3 Å². The van der Waals surface area contributed by atoms with Gasteiger partial charge < -0.3 is 10.4 Å². The zero-order chi connectivity index (χ0) is 14.7. The number of pyridine rings is 1. The molecule has 2 rings (SSSR count). The first kappa shape index (κ1) is 13.7. The highest BCUT2D eigenvalue weighted by Gasteiger charge is 2.08. The van der Waals surface area contributed by atoms with Crippen LogP contribution in [-0.2, 0) is 0 Å². The van der Waals surface area contributed by atoms with E-state index in [0.717, 1.165) is 11.1 Å². The molecule has 102 valence electrons. The number of aromatic nitrogens is 1. The first-order valence-electron chi connectivity index (χ1n) is 6.05. The fourth-order valence-corrected chi connectivity index (χ4v) is 1.68. The molecular formula is C15H14N2O3. The number of carboxylic acids is 1. The van der Waals surface area contributed by atoms with Gasteiger partial charge in [0.1, 0.15) is 5.69 Å². The fourth-order valence-electron chi connectivity index (χ4n) is 1.68. The lowest BCUT2D eigenvalue weighted by Crippen LogP contribution is -2.12. The van der Waals surface area contributed by atoms with E-state index in [-0.39, 0.29) is 11.6 Å². The Hall–Kier alpha value is -2.69. The van der Waals surface area contributed by atoms with Gasteiger partial charge in [-0.15, -0.1) is 0 Å². The Morgan fingerprint density at radius 2 is 1.85 bits per heavy atom. The van der Waals surface area contributed by atoms with E-state index in [1.54, 1.807) is 6.07 Å². The van der Waals surface area contributed by atoms with E-state index in [0.29, 0.717) is 11.3 Å². The van der Waals surface area contributed by atoms with Crippen LogP contribution in [0.4, 0.5) is 5.69 Å². The van der Waals surface area contributed by atoms with E-state index in [1.165, 1.54) is 18.3 Å². The Kier molecular flexibility index (Phi) is 3.79. The summed E-state index contributed by atoms with van der Waals surface area (Å²) in [5, 5.41) is 11.4. The lowest BCUT2D eigenvalue weighted by atomic mass is 10.1. The van der Waals surface area contributed by atoms with Crippen LogP contribution in [0.2, 0.25) is 0 Å². The molecule has 2 N–H and O–H groups in total. The van der Waals surface area contributed by atoms with Crippen LogP contribution < -0.4 is 5.32 Å². The molecule has 0 spiro atoms. The first-order chi connectivity index (χ1) is 9.47. The Morgan fingerprint density at radius 3 is 2.40 bits per heavy atom. The monoisotopic (exact) mass is 270 g/mol. The number of nitrogens with one attached hydrogen (secondary N) is 1. The summed E-state index contributed by atoms with van der Waals surface area (Å²) < 4.78 is 0. The van der Waals surface area contributed by atoms with Gasteiger partial charge in [0.15, 0.2) is 0 Å². The summed E-state index contributed by atoms with van der Waals surface area (Å²) in [7, 11) is 0. The first-order valence-corrected chi connectivity index (χ1v) is 6.05. The van der Waals surface area contributed by atoms with Crippen LogP contribution in [0.1, 0.15) is 32.0 Å². The molecule has 0 radical (unpaired) electrons. The van der Waals surface area contributed by atoms with Crippen molar-refractivity contribution in [3.8, 4) is 0 Å². The van der Waals surface area contributed by atoms with Crippen LogP contribution in [0.3, 0.4) is 0 Å². The predicted octanol–water partition coefficient (Wildman–Crippen LogP) is 2.65. The van der Waals surface area contributed by atoms with Gasteiger partial charge in [-0.2, -0.15) is 0 Å². The molecule has 0 saturated heterocycles. The average Bonchev–Trinajstić information content (AvgIpc) is 2.42. The van der Waals surface area contributed by atoms with Gasteiger partial charge in [-0.25, -0.2) is 9.78 Å². The molecule has 0 saturated carbocycles. The van der Waals surface area contributed by atoms with Crippen LogP contribution >= 0.6 is 0 Å². The standard InChI is InChI=1S/C15H14N2O3/c1-9-3-4-11(7-10(9)2)14(18)17-12-5-6-13(15(19)20)16-8-12/h3-8H,1-2H3,(H,17,18)(H,19,20). The summed E-state index contributed by atoms with van der Waals surface area (Å²) in [6.07, 6.45) is 1.32. The lowest BCUT2D eigenvalue weighted by molar-refractivity contribution is 0.0690. The molecule has 0 aliphatic heterocycles. The third kappa shape index (κ3) is 3.00. The van der Waals surface area contributed by atoms with Crippen molar-refractivity contribution in [2.45, 2.75) is 13.8 Å². The Labute approximate surface area is 116 Å². The second-order valence-electron chi connectivity index (χ2n) is 4.49. The second kappa shape index (κ2) is 5.52. The smallest absolute Gasteiger partial charge is 0.354 e. The molecule has 2 aromatic rings. The molecule has 1 amide bonds. The highest BCUT2D eigenvalue weighted by Crippen LogP contribution is 2.13. The lowest BCUT2D eigenvalue weighted by Gasteiger charge is -2.07. The van der Waals surface area contributed by atoms with Crippen molar-refractivity contribution in [3.63, 3.8) is 0 Å². The number of rotatable bonds is 3.